The van der Waals surface area contributed by atoms with Crippen molar-refractivity contribution < 1.29 is 9.53 Å². The second-order valence-corrected chi connectivity index (χ2v) is 5.78. The lowest BCUT2D eigenvalue weighted by Crippen LogP contribution is -2.37. The number of amides is 1. The molecule has 1 unspecified atom stereocenters. The number of hydrogen-bond acceptors (Lipinski definition) is 3. The molecule has 1 aliphatic rings. The molecule has 0 bridgehead atoms. The van der Waals surface area contributed by atoms with Crippen molar-refractivity contribution in [3.63, 3.8) is 0 Å². The molecule has 4 nitrogen and oxygen atoms in total. The Labute approximate surface area is 98.5 Å². The molecule has 0 N–H and O–H groups in total. The summed E-state index contributed by atoms with van der Waals surface area (Å²) < 4.78 is 5.31. The van der Waals surface area contributed by atoms with Crippen LogP contribution < -0.4 is 0 Å². The SMILES string of the molecule is CN1CCC(CN(C)C(=O)OC(C)(C)C)C1. The first-order chi connectivity index (χ1) is 7.28. The molecule has 0 saturated carbocycles. The van der Waals surface area contributed by atoms with Crippen LogP contribution >= 0.6 is 0 Å². The lowest BCUT2D eigenvalue weighted by atomic mass is 10.1. The Balaban J connectivity index is 2.34. The molecule has 0 spiro atoms. The number of ether oxygens (including phenoxy) is 1. The first-order valence-corrected chi connectivity index (χ1v) is 5.90. The van der Waals surface area contributed by atoms with E-state index in [2.05, 4.69) is 11.9 Å². The summed E-state index contributed by atoms with van der Waals surface area (Å²) in [4.78, 5) is 15.7. The van der Waals surface area contributed by atoms with Gasteiger partial charge in [0.25, 0.3) is 0 Å². The summed E-state index contributed by atoms with van der Waals surface area (Å²) in [6.07, 6.45) is 0.950. The monoisotopic (exact) mass is 228 g/mol. The van der Waals surface area contributed by atoms with Crippen LogP contribution in [0.3, 0.4) is 0 Å². The Kier molecular flexibility index (Phi) is 4.19. The van der Waals surface area contributed by atoms with Crippen LogP contribution in [0.2, 0.25) is 0 Å². The van der Waals surface area contributed by atoms with E-state index in [0.717, 1.165) is 19.6 Å². The van der Waals surface area contributed by atoms with Gasteiger partial charge in [-0.2, -0.15) is 0 Å². The first kappa shape index (κ1) is 13.3. The predicted octanol–water partition coefficient (Wildman–Crippen LogP) is 1.80. The van der Waals surface area contributed by atoms with Crippen molar-refractivity contribution in [2.24, 2.45) is 5.92 Å². The molecule has 1 amide bonds. The summed E-state index contributed by atoms with van der Waals surface area (Å²) in [5.74, 6) is 0.586. The molecular weight excluding hydrogens is 204 g/mol. The van der Waals surface area contributed by atoms with Crippen LogP contribution in [0.25, 0.3) is 0 Å². The highest BCUT2D eigenvalue weighted by Gasteiger charge is 2.25. The Morgan fingerprint density at radius 2 is 2.12 bits per heavy atom. The standard InChI is InChI=1S/C12H24N2O2/c1-12(2,3)16-11(15)14(5)9-10-6-7-13(4)8-10/h10H,6-9H2,1-5H3. The number of carbonyl (C=O) groups is 1. The maximum Gasteiger partial charge on any atom is 0.410 e. The van der Waals surface area contributed by atoms with Crippen LogP contribution in [0, 0.1) is 5.92 Å². The summed E-state index contributed by atoms with van der Waals surface area (Å²) in [5.41, 5.74) is -0.405. The van der Waals surface area contributed by atoms with Gasteiger partial charge in [-0.05, 0) is 46.7 Å². The average Bonchev–Trinajstić information content (AvgIpc) is 2.48. The minimum atomic E-state index is -0.405. The van der Waals surface area contributed by atoms with Gasteiger partial charge in [0.05, 0.1) is 0 Å². The molecule has 1 atom stereocenters. The molecule has 1 heterocycles. The molecule has 94 valence electrons. The Morgan fingerprint density at radius 1 is 1.50 bits per heavy atom. The molecule has 1 fully saturated rings. The predicted molar refractivity (Wildman–Crippen MR) is 64.5 cm³/mol. The summed E-state index contributed by atoms with van der Waals surface area (Å²) in [5, 5.41) is 0. The van der Waals surface area contributed by atoms with E-state index in [4.69, 9.17) is 4.74 Å². The van der Waals surface area contributed by atoms with E-state index in [1.807, 2.05) is 27.8 Å². The number of likely N-dealkylation sites (tertiary alicyclic amines) is 1. The zero-order valence-corrected chi connectivity index (χ0v) is 11.1. The van der Waals surface area contributed by atoms with Gasteiger partial charge < -0.3 is 14.5 Å². The van der Waals surface area contributed by atoms with Crippen molar-refractivity contribution in [2.45, 2.75) is 32.8 Å². The summed E-state index contributed by atoms with van der Waals surface area (Å²) >= 11 is 0. The van der Waals surface area contributed by atoms with Crippen LogP contribution in [0.15, 0.2) is 0 Å². The second-order valence-electron chi connectivity index (χ2n) is 5.78. The topological polar surface area (TPSA) is 32.8 Å². The largest absolute Gasteiger partial charge is 0.444 e. The van der Waals surface area contributed by atoms with Crippen molar-refractivity contribution in [1.29, 1.82) is 0 Å². The lowest BCUT2D eigenvalue weighted by Gasteiger charge is -2.26. The average molecular weight is 228 g/mol. The molecule has 0 radical (unpaired) electrons. The number of carbonyl (C=O) groups excluding carboxylic acids is 1. The molecule has 1 saturated heterocycles. The number of rotatable bonds is 2. The van der Waals surface area contributed by atoms with Crippen molar-refractivity contribution in [3.05, 3.63) is 0 Å². The third-order valence-corrected chi connectivity index (χ3v) is 2.73. The zero-order valence-electron chi connectivity index (χ0n) is 11.1. The highest BCUT2D eigenvalue weighted by molar-refractivity contribution is 5.67. The van der Waals surface area contributed by atoms with Gasteiger partial charge in [0, 0.05) is 20.1 Å². The molecule has 0 aromatic heterocycles. The molecule has 0 aromatic carbocycles. The van der Waals surface area contributed by atoms with E-state index in [9.17, 15) is 4.79 Å². The van der Waals surface area contributed by atoms with Crippen LogP contribution in [-0.2, 0) is 4.74 Å². The zero-order chi connectivity index (χ0) is 12.3. The van der Waals surface area contributed by atoms with Crippen LogP contribution in [0.1, 0.15) is 27.2 Å². The summed E-state index contributed by atoms with van der Waals surface area (Å²) in [7, 11) is 3.93. The van der Waals surface area contributed by atoms with Gasteiger partial charge in [-0.1, -0.05) is 0 Å². The second kappa shape index (κ2) is 5.04. The van der Waals surface area contributed by atoms with Gasteiger partial charge in [0.2, 0.25) is 0 Å². The quantitative estimate of drug-likeness (QED) is 0.722. The van der Waals surface area contributed by atoms with Crippen molar-refractivity contribution >= 4 is 6.09 Å². The summed E-state index contributed by atoms with van der Waals surface area (Å²) in [6.45, 7) is 8.67. The molecule has 16 heavy (non-hydrogen) atoms. The van der Waals surface area contributed by atoms with Gasteiger partial charge in [0.15, 0.2) is 0 Å². The smallest absolute Gasteiger partial charge is 0.410 e. The maximum absolute atomic E-state index is 11.7. The highest BCUT2D eigenvalue weighted by Crippen LogP contribution is 2.16. The molecule has 0 aromatic rings. The minimum absolute atomic E-state index is 0.220. The highest BCUT2D eigenvalue weighted by atomic mass is 16.6. The van der Waals surface area contributed by atoms with E-state index in [1.54, 1.807) is 4.90 Å². The van der Waals surface area contributed by atoms with Crippen LogP contribution in [0.4, 0.5) is 4.79 Å². The number of hydrogen-bond donors (Lipinski definition) is 0. The van der Waals surface area contributed by atoms with E-state index in [0.29, 0.717) is 5.92 Å². The van der Waals surface area contributed by atoms with E-state index >= 15 is 0 Å². The van der Waals surface area contributed by atoms with Crippen molar-refractivity contribution in [1.82, 2.24) is 9.80 Å². The van der Waals surface area contributed by atoms with Crippen LogP contribution in [0.5, 0.6) is 0 Å². The van der Waals surface area contributed by atoms with Gasteiger partial charge in [-0.15, -0.1) is 0 Å². The van der Waals surface area contributed by atoms with Crippen molar-refractivity contribution in [2.75, 3.05) is 33.7 Å². The Bertz CT molecular complexity index is 248. The molecule has 1 rings (SSSR count). The van der Waals surface area contributed by atoms with Gasteiger partial charge in [-0.25, -0.2) is 4.79 Å². The van der Waals surface area contributed by atoms with Gasteiger partial charge >= 0.3 is 6.09 Å². The van der Waals surface area contributed by atoms with Crippen molar-refractivity contribution in [3.8, 4) is 0 Å². The molecule has 1 aliphatic heterocycles. The maximum atomic E-state index is 11.7. The van der Waals surface area contributed by atoms with Crippen LogP contribution in [-0.4, -0.2) is 55.2 Å². The van der Waals surface area contributed by atoms with E-state index < -0.39 is 5.60 Å². The molecular formula is C12H24N2O2. The third kappa shape index (κ3) is 4.39. The third-order valence-electron chi connectivity index (χ3n) is 2.73. The summed E-state index contributed by atoms with van der Waals surface area (Å²) in [6, 6.07) is 0. The lowest BCUT2D eigenvalue weighted by molar-refractivity contribution is 0.0275. The van der Waals surface area contributed by atoms with Gasteiger partial charge in [0.1, 0.15) is 5.60 Å². The fourth-order valence-electron chi connectivity index (χ4n) is 1.98. The minimum Gasteiger partial charge on any atom is -0.444 e. The number of nitrogens with zero attached hydrogens (tertiary/aromatic N) is 2. The van der Waals surface area contributed by atoms with E-state index in [-0.39, 0.29) is 6.09 Å². The first-order valence-electron chi connectivity index (χ1n) is 5.90. The Hall–Kier alpha value is -0.770. The van der Waals surface area contributed by atoms with Gasteiger partial charge in [-0.3, -0.25) is 0 Å². The Morgan fingerprint density at radius 3 is 2.56 bits per heavy atom. The molecule has 0 aliphatic carbocycles. The fraction of sp³-hybridized carbons (Fsp3) is 0.917. The molecule has 4 heteroatoms. The normalized spacial score (nSPS) is 22.2. The van der Waals surface area contributed by atoms with E-state index in [1.165, 1.54) is 6.42 Å². The fourth-order valence-corrected chi connectivity index (χ4v) is 1.98.